The second-order valence-corrected chi connectivity index (χ2v) is 5.07. The monoisotopic (exact) mass is 258 g/mol. The average Bonchev–Trinajstić information content (AvgIpc) is 2.74. The molecule has 1 unspecified atom stereocenters. The number of hydrogen-bond acceptors (Lipinski definition) is 2. The van der Waals surface area contributed by atoms with Gasteiger partial charge in [-0.3, -0.25) is 4.68 Å². The van der Waals surface area contributed by atoms with Crippen molar-refractivity contribution >= 4 is 0 Å². The number of hydrogen-bond donors (Lipinski definition) is 0. The topological polar surface area (TPSA) is 27.1 Å². The molecule has 0 amide bonds. The van der Waals surface area contributed by atoms with Gasteiger partial charge in [0.2, 0.25) is 0 Å². The van der Waals surface area contributed by atoms with Crippen molar-refractivity contribution in [2.45, 2.75) is 39.7 Å². The Bertz CT molecular complexity index is 528. The lowest BCUT2D eigenvalue weighted by Crippen LogP contribution is -2.03. The molecule has 0 N–H and O–H groups in total. The molecule has 19 heavy (non-hydrogen) atoms. The third-order valence-corrected chi connectivity index (χ3v) is 3.55. The predicted octanol–water partition coefficient (Wildman–Crippen LogP) is 3.82. The van der Waals surface area contributed by atoms with Crippen molar-refractivity contribution in [2.75, 3.05) is 0 Å². The predicted molar refractivity (Wildman–Crippen MR) is 77.4 cm³/mol. The maximum Gasteiger partial charge on any atom is 0.130 e. The largest absolute Gasteiger partial charge is 0.487 e. The lowest BCUT2D eigenvalue weighted by molar-refractivity contribution is 0.295. The van der Waals surface area contributed by atoms with Gasteiger partial charge < -0.3 is 4.74 Å². The van der Waals surface area contributed by atoms with E-state index in [0.29, 0.717) is 12.5 Å². The summed E-state index contributed by atoms with van der Waals surface area (Å²) in [5.41, 5.74) is 3.47. The second kappa shape index (κ2) is 5.91. The van der Waals surface area contributed by atoms with E-state index < -0.39 is 0 Å². The van der Waals surface area contributed by atoms with Crippen LogP contribution in [0.4, 0.5) is 0 Å². The molecule has 1 aromatic heterocycles. The lowest BCUT2D eigenvalue weighted by atomic mass is 9.99. The van der Waals surface area contributed by atoms with Gasteiger partial charge in [-0.15, -0.1) is 0 Å². The Morgan fingerprint density at radius 2 is 1.95 bits per heavy atom. The van der Waals surface area contributed by atoms with Gasteiger partial charge in [0.05, 0.1) is 11.4 Å². The van der Waals surface area contributed by atoms with E-state index in [1.807, 2.05) is 36.9 Å². The van der Waals surface area contributed by atoms with E-state index in [-0.39, 0.29) is 0 Å². The van der Waals surface area contributed by atoms with E-state index in [2.05, 4.69) is 31.1 Å². The Hall–Kier alpha value is -1.77. The first-order valence-electron chi connectivity index (χ1n) is 6.82. The molecule has 0 saturated carbocycles. The van der Waals surface area contributed by atoms with Crippen molar-refractivity contribution in [3.05, 3.63) is 47.3 Å². The Morgan fingerprint density at radius 3 is 2.47 bits per heavy atom. The van der Waals surface area contributed by atoms with Gasteiger partial charge in [0.25, 0.3) is 0 Å². The van der Waals surface area contributed by atoms with Crippen molar-refractivity contribution < 1.29 is 4.74 Å². The summed E-state index contributed by atoms with van der Waals surface area (Å²) in [6.45, 7) is 7.00. The highest BCUT2D eigenvalue weighted by Crippen LogP contribution is 2.22. The van der Waals surface area contributed by atoms with Crippen LogP contribution in [0.1, 0.15) is 43.1 Å². The van der Waals surface area contributed by atoms with Crippen LogP contribution in [0, 0.1) is 6.92 Å². The molecule has 0 bridgehead atoms. The Kier molecular flexibility index (Phi) is 4.25. The summed E-state index contributed by atoms with van der Waals surface area (Å²) >= 11 is 0. The van der Waals surface area contributed by atoms with E-state index in [1.165, 1.54) is 5.56 Å². The maximum absolute atomic E-state index is 5.79. The van der Waals surface area contributed by atoms with Crippen LogP contribution < -0.4 is 4.74 Å². The zero-order chi connectivity index (χ0) is 13.8. The highest BCUT2D eigenvalue weighted by atomic mass is 16.5. The number of aryl methyl sites for hydroxylation is 2. The summed E-state index contributed by atoms with van der Waals surface area (Å²) in [5, 5.41) is 4.31. The van der Waals surface area contributed by atoms with E-state index in [9.17, 15) is 0 Å². The van der Waals surface area contributed by atoms with E-state index >= 15 is 0 Å². The minimum Gasteiger partial charge on any atom is -0.487 e. The summed E-state index contributed by atoms with van der Waals surface area (Å²) in [5.74, 6) is 1.51. The van der Waals surface area contributed by atoms with Gasteiger partial charge in [-0.05, 0) is 43.0 Å². The van der Waals surface area contributed by atoms with Crippen LogP contribution in [0.3, 0.4) is 0 Å². The van der Waals surface area contributed by atoms with Crippen LogP contribution in [0.5, 0.6) is 5.75 Å². The van der Waals surface area contributed by atoms with Gasteiger partial charge in [0, 0.05) is 7.05 Å². The molecule has 0 fully saturated rings. The average molecular weight is 258 g/mol. The molecule has 1 aromatic carbocycles. The number of benzene rings is 1. The molecule has 2 rings (SSSR count). The quantitative estimate of drug-likeness (QED) is 0.815. The molecular formula is C16H22N2O. The molecule has 1 heterocycles. The van der Waals surface area contributed by atoms with Gasteiger partial charge in [-0.2, -0.15) is 5.10 Å². The van der Waals surface area contributed by atoms with Crippen LogP contribution in [-0.2, 0) is 13.7 Å². The second-order valence-electron chi connectivity index (χ2n) is 5.07. The highest BCUT2D eigenvalue weighted by Gasteiger charge is 2.05. The molecule has 0 spiro atoms. The molecule has 3 nitrogen and oxygen atoms in total. The molecule has 0 aliphatic carbocycles. The molecule has 0 aliphatic heterocycles. The Balaban J connectivity index is 1.98. The minimum atomic E-state index is 0.556. The Labute approximate surface area is 115 Å². The number of nitrogens with zero attached hydrogens (tertiary/aromatic N) is 2. The van der Waals surface area contributed by atoms with Gasteiger partial charge >= 0.3 is 0 Å². The van der Waals surface area contributed by atoms with E-state index in [0.717, 1.165) is 23.6 Å². The van der Waals surface area contributed by atoms with Crippen LogP contribution in [-0.4, -0.2) is 9.78 Å². The van der Waals surface area contributed by atoms with Crippen molar-refractivity contribution in [2.24, 2.45) is 7.05 Å². The van der Waals surface area contributed by atoms with E-state index in [1.54, 1.807) is 0 Å². The molecule has 0 aliphatic rings. The summed E-state index contributed by atoms with van der Waals surface area (Å²) in [4.78, 5) is 0. The van der Waals surface area contributed by atoms with Crippen LogP contribution >= 0.6 is 0 Å². The lowest BCUT2D eigenvalue weighted by Gasteiger charge is -2.10. The molecule has 3 heteroatoms. The fourth-order valence-corrected chi connectivity index (χ4v) is 2.08. The van der Waals surface area contributed by atoms with Crippen LogP contribution in [0.2, 0.25) is 0 Å². The zero-order valence-electron chi connectivity index (χ0n) is 12.2. The summed E-state index contributed by atoms with van der Waals surface area (Å²) in [7, 11) is 1.94. The van der Waals surface area contributed by atoms with Crippen molar-refractivity contribution in [3.63, 3.8) is 0 Å². The molecule has 102 valence electrons. The summed E-state index contributed by atoms with van der Waals surface area (Å²) < 4.78 is 7.66. The standard InChI is InChI=1S/C16H22N2O/c1-5-12(2)14-6-8-16(9-7-14)19-11-15-10-13(3)17-18(15)4/h6-10,12H,5,11H2,1-4H3. The fraction of sp³-hybridized carbons (Fsp3) is 0.438. The summed E-state index contributed by atoms with van der Waals surface area (Å²) in [6, 6.07) is 10.4. The van der Waals surface area contributed by atoms with Gasteiger partial charge in [-0.1, -0.05) is 26.0 Å². The fourth-order valence-electron chi connectivity index (χ4n) is 2.08. The van der Waals surface area contributed by atoms with Crippen molar-refractivity contribution in [3.8, 4) is 5.75 Å². The van der Waals surface area contributed by atoms with Crippen molar-refractivity contribution in [1.29, 1.82) is 0 Å². The third kappa shape index (κ3) is 3.37. The summed E-state index contributed by atoms with van der Waals surface area (Å²) in [6.07, 6.45) is 1.16. The zero-order valence-corrected chi connectivity index (χ0v) is 12.2. The highest BCUT2D eigenvalue weighted by molar-refractivity contribution is 5.29. The molecule has 1 atom stereocenters. The molecular weight excluding hydrogens is 236 g/mol. The first kappa shape index (κ1) is 13.7. The maximum atomic E-state index is 5.79. The molecule has 0 radical (unpaired) electrons. The van der Waals surface area contributed by atoms with E-state index in [4.69, 9.17) is 4.74 Å². The van der Waals surface area contributed by atoms with Gasteiger partial charge in [0.1, 0.15) is 12.4 Å². The first-order chi connectivity index (χ1) is 9.10. The third-order valence-electron chi connectivity index (χ3n) is 3.55. The van der Waals surface area contributed by atoms with Crippen LogP contribution in [0.25, 0.3) is 0 Å². The number of aromatic nitrogens is 2. The van der Waals surface area contributed by atoms with Crippen LogP contribution in [0.15, 0.2) is 30.3 Å². The normalized spacial score (nSPS) is 12.4. The van der Waals surface area contributed by atoms with Gasteiger partial charge in [0.15, 0.2) is 0 Å². The SMILES string of the molecule is CCC(C)c1ccc(OCc2cc(C)nn2C)cc1. The molecule has 0 saturated heterocycles. The number of ether oxygens (including phenoxy) is 1. The van der Waals surface area contributed by atoms with Gasteiger partial charge in [-0.25, -0.2) is 0 Å². The molecule has 2 aromatic rings. The van der Waals surface area contributed by atoms with Crippen molar-refractivity contribution in [1.82, 2.24) is 9.78 Å². The number of rotatable bonds is 5. The smallest absolute Gasteiger partial charge is 0.130 e. The first-order valence-corrected chi connectivity index (χ1v) is 6.82. The Morgan fingerprint density at radius 1 is 1.26 bits per heavy atom. The minimum absolute atomic E-state index is 0.556.